The largest absolute Gasteiger partial charge is 0.508 e. The van der Waals surface area contributed by atoms with Crippen molar-refractivity contribution in [2.24, 2.45) is 0 Å². The number of aliphatic hydroxyl groups excluding tert-OH is 1. The Morgan fingerprint density at radius 2 is 1.48 bits per heavy atom. The van der Waals surface area contributed by atoms with Gasteiger partial charge in [0.2, 0.25) is 23.6 Å². The van der Waals surface area contributed by atoms with E-state index in [2.05, 4.69) is 42.5 Å². The molecular formula is C35H54N8O7. The maximum absolute atomic E-state index is 13.8. The lowest BCUT2D eigenvalue weighted by Gasteiger charge is -2.26. The van der Waals surface area contributed by atoms with Crippen LogP contribution in [0.15, 0.2) is 36.4 Å². The summed E-state index contributed by atoms with van der Waals surface area (Å²) in [5.41, 5.74) is 2.19. The third-order valence-corrected chi connectivity index (χ3v) is 8.92. The van der Waals surface area contributed by atoms with E-state index in [-0.39, 0.29) is 43.3 Å². The quantitative estimate of drug-likeness (QED) is 0.0915. The smallest absolute Gasteiger partial charge is 0.245 e. The van der Waals surface area contributed by atoms with Crippen LogP contribution in [0.5, 0.6) is 11.5 Å². The number of rotatable bonds is 16. The van der Waals surface area contributed by atoms with Crippen LogP contribution in [-0.2, 0) is 32.0 Å². The van der Waals surface area contributed by atoms with Crippen LogP contribution in [0, 0.1) is 0 Å². The average molecular weight is 699 g/mol. The Morgan fingerprint density at radius 1 is 0.860 bits per heavy atom. The molecule has 0 radical (unpaired) electrons. The molecule has 15 heteroatoms. The average Bonchev–Trinajstić information content (AvgIpc) is 3.11. The lowest BCUT2D eigenvalue weighted by molar-refractivity contribution is -0.134. The van der Waals surface area contributed by atoms with Crippen LogP contribution in [0.25, 0.3) is 11.1 Å². The van der Waals surface area contributed by atoms with Crippen LogP contribution in [0.1, 0.15) is 36.8 Å². The van der Waals surface area contributed by atoms with Gasteiger partial charge in [0.15, 0.2) is 0 Å². The first kappa shape index (κ1) is 40.2. The van der Waals surface area contributed by atoms with Crippen LogP contribution >= 0.6 is 0 Å². The lowest BCUT2D eigenvalue weighted by Crippen LogP contribution is -2.59. The van der Waals surface area contributed by atoms with Gasteiger partial charge in [0, 0.05) is 25.4 Å². The highest BCUT2D eigenvalue weighted by atomic mass is 16.3. The van der Waals surface area contributed by atoms with Gasteiger partial charge in [-0.1, -0.05) is 12.1 Å². The molecule has 1 aliphatic heterocycles. The summed E-state index contributed by atoms with van der Waals surface area (Å²) in [6.45, 7) is 0.962. The third-order valence-electron chi connectivity index (χ3n) is 8.92. The number of hydrogen-bond acceptors (Lipinski definition) is 11. The zero-order valence-electron chi connectivity index (χ0n) is 29.4. The molecule has 0 spiro atoms. The molecule has 1 heterocycles. The van der Waals surface area contributed by atoms with Gasteiger partial charge in [-0.05, 0) is 113 Å². The predicted molar refractivity (Wildman–Crippen MR) is 191 cm³/mol. The van der Waals surface area contributed by atoms with Gasteiger partial charge in [0.05, 0.1) is 12.6 Å². The second kappa shape index (κ2) is 20.4. The van der Waals surface area contributed by atoms with Crippen LogP contribution < -0.4 is 42.5 Å². The van der Waals surface area contributed by atoms with Crippen molar-refractivity contribution in [1.29, 1.82) is 0 Å². The van der Waals surface area contributed by atoms with Crippen molar-refractivity contribution in [3.63, 3.8) is 0 Å². The van der Waals surface area contributed by atoms with Gasteiger partial charge in [0.1, 0.15) is 29.6 Å². The highest BCUT2D eigenvalue weighted by Crippen LogP contribution is 2.31. The Bertz CT molecular complexity index is 1440. The van der Waals surface area contributed by atoms with Crippen molar-refractivity contribution in [2.45, 2.75) is 68.7 Å². The monoisotopic (exact) mass is 698 g/mol. The number of phenolic OH excluding ortho intramolecular Hbond substituents is 2. The molecule has 5 atom stereocenters. The number of fused-ring (bicyclic) bond motifs is 5. The molecule has 2 aromatic carbocycles. The summed E-state index contributed by atoms with van der Waals surface area (Å²) in [5.74, 6) is -2.59. The Labute approximate surface area is 293 Å². The van der Waals surface area contributed by atoms with Crippen molar-refractivity contribution in [3.8, 4) is 22.6 Å². The minimum Gasteiger partial charge on any atom is -0.508 e. The third kappa shape index (κ3) is 11.7. The molecule has 4 bridgehead atoms. The fraction of sp³-hybridized carbons (Fsp3) is 0.543. The molecule has 0 saturated heterocycles. The summed E-state index contributed by atoms with van der Waals surface area (Å²) in [5, 5.41) is 54.7. The SMILES string of the molecule is CNCCC[C@@H](CNC(=O)[C@H](CO)NC(=O)[C@@H]1Cc2cc(ccc2O)-c2ccc(O)c(c2)C[C@H](NC)C(=O)N[C@@H](CCCNC)C(=O)N1)NC. The summed E-state index contributed by atoms with van der Waals surface area (Å²) in [6.07, 6.45) is 2.39. The molecule has 3 rings (SSSR count). The number of likely N-dealkylation sites (N-methyl/N-ethyl adjacent to an activating group) is 2. The summed E-state index contributed by atoms with van der Waals surface area (Å²) in [7, 11) is 7.03. The van der Waals surface area contributed by atoms with Gasteiger partial charge >= 0.3 is 0 Å². The van der Waals surface area contributed by atoms with E-state index < -0.39 is 54.4 Å². The van der Waals surface area contributed by atoms with Crippen LogP contribution in [-0.4, -0.2) is 124 Å². The van der Waals surface area contributed by atoms with Gasteiger partial charge < -0.3 is 57.9 Å². The standard InChI is InChI=1S/C35H54N8O7/c1-36-13-5-7-25(38-3)19-40-32(47)29(20-44)43-35(50)28-18-24-16-22(10-12-31(24)46)21-9-11-30(45)23(15-21)17-27(39-4)34(49)41-26(33(48)42-28)8-6-14-37-2/h9-12,15-16,25-29,36-39,44-46H,5-8,13-14,17-20H2,1-4H3,(H,40,47)(H,41,49)(H,42,48)(H,43,50)/t25-,26-,27-,28-,29-/m0/s1. The zero-order chi connectivity index (χ0) is 36.6. The molecule has 4 amide bonds. The maximum atomic E-state index is 13.8. The summed E-state index contributed by atoms with van der Waals surface area (Å²) < 4.78 is 0. The fourth-order valence-corrected chi connectivity index (χ4v) is 5.82. The van der Waals surface area contributed by atoms with Crippen molar-refractivity contribution in [3.05, 3.63) is 47.5 Å². The molecule has 0 unspecified atom stereocenters. The first-order chi connectivity index (χ1) is 24.0. The number of hydrogen-bond donors (Lipinski definition) is 11. The van der Waals surface area contributed by atoms with Crippen molar-refractivity contribution < 1.29 is 34.5 Å². The number of carbonyl (C=O) groups excluding carboxylic acids is 4. The molecule has 0 saturated carbocycles. The number of aliphatic hydroxyl groups is 1. The normalized spacial score (nSPS) is 19.3. The number of nitrogens with one attached hydrogen (secondary N) is 8. The Balaban J connectivity index is 1.96. The minimum atomic E-state index is -1.32. The van der Waals surface area contributed by atoms with Crippen LogP contribution in [0.3, 0.4) is 0 Å². The van der Waals surface area contributed by atoms with E-state index in [1.54, 1.807) is 45.4 Å². The fourth-order valence-electron chi connectivity index (χ4n) is 5.82. The second-order valence-corrected chi connectivity index (χ2v) is 12.5. The molecule has 0 aliphatic carbocycles. The highest BCUT2D eigenvalue weighted by Gasteiger charge is 2.32. The van der Waals surface area contributed by atoms with Gasteiger partial charge in [-0.25, -0.2) is 0 Å². The summed E-state index contributed by atoms with van der Waals surface area (Å²) in [4.78, 5) is 54.3. The molecule has 276 valence electrons. The highest BCUT2D eigenvalue weighted by molar-refractivity contribution is 5.95. The van der Waals surface area contributed by atoms with Crippen molar-refractivity contribution in [1.82, 2.24) is 42.5 Å². The van der Waals surface area contributed by atoms with Gasteiger partial charge in [-0.3, -0.25) is 19.2 Å². The number of benzene rings is 2. The minimum absolute atomic E-state index is 0.00270. The van der Waals surface area contributed by atoms with Crippen molar-refractivity contribution in [2.75, 3.05) is 54.4 Å². The Hall–Kier alpha value is -4.28. The molecular weight excluding hydrogens is 644 g/mol. The summed E-state index contributed by atoms with van der Waals surface area (Å²) >= 11 is 0. The van der Waals surface area contributed by atoms with Gasteiger partial charge in [-0.15, -0.1) is 0 Å². The molecule has 1 aliphatic rings. The number of carbonyl (C=O) groups is 4. The van der Waals surface area contributed by atoms with Crippen molar-refractivity contribution >= 4 is 23.6 Å². The topological polar surface area (TPSA) is 225 Å². The first-order valence-electron chi connectivity index (χ1n) is 17.1. The van der Waals surface area contributed by atoms with E-state index >= 15 is 0 Å². The van der Waals surface area contributed by atoms with E-state index in [0.717, 1.165) is 19.4 Å². The van der Waals surface area contributed by atoms with Gasteiger partial charge in [-0.2, -0.15) is 0 Å². The second-order valence-electron chi connectivity index (χ2n) is 12.5. The first-order valence-corrected chi connectivity index (χ1v) is 17.1. The molecule has 15 nitrogen and oxygen atoms in total. The van der Waals surface area contributed by atoms with Gasteiger partial charge in [0.25, 0.3) is 0 Å². The van der Waals surface area contributed by atoms with E-state index in [1.165, 1.54) is 12.1 Å². The number of aromatic hydroxyl groups is 2. The van der Waals surface area contributed by atoms with Crippen LogP contribution in [0.4, 0.5) is 0 Å². The number of phenols is 2. The molecule has 0 aromatic heterocycles. The predicted octanol–water partition coefficient (Wildman–Crippen LogP) is -1.40. The maximum Gasteiger partial charge on any atom is 0.245 e. The van der Waals surface area contributed by atoms with E-state index in [4.69, 9.17) is 0 Å². The zero-order valence-corrected chi connectivity index (χ0v) is 29.4. The Morgan fingerprint density at radius 3 is 2.06 bits per heavy atom. The number of amides is 4. The Kier molecular flexibility index (Phi) is 16.4. The van der Waals surface area contributed by atoms with Crippen LogP contribution in [0.2, 0.25) is 0 Å². The van der Waals surface area contributed by atoms with E-state index in [9.17, 15) is 34.5 Å². The lowest BCUT2D eigenvalue weighted by atomic mass is 9.95. The molecule has 50 heavy (non-hydrogen) atoms. The molecule has 2 aromatic rings. The molecule has 11 N–H and O–H groups in total. The summed E-state index contributed by atoms with van der Waals surface area (Å²) in [6, 6.07) is 5.35. The molecule has 0 fully saturated rings. The van der Waals surface area contributed by atoms with E-state index in [1.807, 2.05) is 7.05 Å². The van der Waals surface area contributed by atoms with E-state index in [0.29, 0.717) is 35.2 Å².